The van der Waals surface area contributed by atoms with Gasteiger partial charge in [-0.2, -0.15) is 0 Å². The molecule has 0 spiro atoms. The lowest BCUT2D eigenvalue weighted by Gasteiger charge is -2.36. The fourth-order valence-corrected chi connectivity index (χ4v) is 4.07. The molecule has 0 bridgehead atoms. The fourth-order valence-electron chi connectivity index (χ4n) is 3.50. The van der Waals surface area contributed by atoms with Gasteiger partial charge in [0.25, 0.3) is 0 Å². The molecule has 4 rings (SSSR count). The quantitative estimate of drug-likeness (QED) is 0.669. The maximum absolute atomic E-state index is 3.73. The van der Waals surface area contributed by atoms with Crippen molar-refractivity contribution in [1.82, 2.24) is 9.47 Å². The van der Waals surface area contributed by atoms with Crippen molar-refractivity contribution < 1.29 is 0 Å². The highest BCUT2D eigenvalue weighted by Crippen LogP contribution is 2.31. The summed E-state index contributed by atoms with van der Waals surface area (Å²) in [6.07, 6.45) is 2.12. The van der Waals surface area contributed by atoms with Crippen LogP contribution < -0.4 is 4.90 Å². The molecule has 1 aliphatic heterocycles. The van der Waals surface area contributed by atoms with Crippen LogP contribution in [0.5, 0.6) is 0 Å². The Kier molecular flexibility index (Phi) is 4.33. The summed E-state index contributed by atoms with van der Waals surface area (Å²) in [5.41, 5.74) is 4.00. The van der Waals surface area contributed by atoms with Crippen LogP contribution in [0.2, 0.25) is 0 Å². The number of aryl methyl sites for hydroxylation is 1. The van der Waals surface area contributed by atoms with E-state index in [2.05, 4.69) is 92.1 Å². The third-order valence-corrected chi connectivity index (χ3v) is 5.58. The molecule has 1 aromatic heterocycles. The van der Waals surface area contributed by atoms with Gasteiger partial charge in [0.1, 0.15) is 0 Å². The van der Waals surface area contributed by atoms with Gasteiger partial charge in [-0.05, 0) is 23.8 Å². The van der Waals surface area contributed by atoms with Crippen LogP contribution in [0.25, 0.3) is 10.9 Å². The summed E-state index contributed by atoms with van der Waals surface area (Å²) in [5.74, 6) is 0. The van der Waals surface area contributed by atoms with E-state index in [1.165, 1.54) is 26.6 Å². The van der Waals surface area contributed by atoms with E-state index in [9.17, 15) is 0 Å². The molecular formula is C20H22BrN3. The number of hydrogen-bond donors (Lipinski definition) is 0. The zero-order chi connectivity index (χ0) is 16.5. The van der Waals surface area contributed by atoms with Gasteiger partial charge in [-0.15, -0.1) is 0 Å². The molecule has 0 atom stereocenters. The molecule has 1 saturated heterocycles. The Labute approximate surface area is 151 Å². The molecule has 0 aliphatic carbocycles. The molecule has 0 saturated carbocycles. The predicted octanol–water partition coefficient (Wildman–Crippen LogP) is 4.26. The van der Waals surface area contributed by atoms with Crippen molar-refractivity contribution in [3.05, 3.63) is 64.8 Å². The van der Waals surface area contributed by atoms with E-state index in [1.54, 1.807) is 0 Å². The number of anilines is 1. The average molecular weight is 384 g/mol. The monoisotopic (exact) mass is 383 g/mol. The molecule has 0 N–H and O–H groups in total. The highest BCUT2D eigenvalue weighted by Gasteiger charge is 2.18. The van der Waals surface area contributed by atoms with Gasteiger partial charge in [-0.3, -0.25) is 4.90 Å². The van der Waals surface area contributed by atoms with Gasteiger partial charge in [-0.25, -0.2) is 0 Å². The first kappa shape index (κ1) is 15.7. The lowest BCUT2D eigenvalue weighted by Crippen LogP contribution is -2.45. The van der Waals surface area contributed by atoms with E-state index < -0.39 is 0 Å². The van der Waals surface area contributed by atoms with Gasteiger partial charge in [0, 0.05) is 61.5 Å². The number of rotatable bonds is 3. The largest absolute Gasteiger partial charge is 0.369 e. The van der Waals surface area contributed by atoms with Crippen molar-refractivity contribution in [2.45, 2.75) is 6.54 Å². The van der Waals surface area contributed by atoms with E-state index in [-0.39, 0.29) is 0 Å². The minimum atomic E-state index is 1.05. The Balaban J connectivity index is 1.47. The number of nitrogens with zero attached hydrogens (tertiary/aromatic N) is 3. The fraction of sp³-hybridized carbons (Fsp3) is 0.300. The second kappa shape index (κ2) is 6.61. The Morgan fingerprint density at radius 3 is 2.46 bits per heavy atom. The lowest BCUT2D eigenvalue weighted by molar-refractivity contribution is 0.250. The Bertz CT molecular complexity index is 833. The van der Waals surface area contributed by atoms with Crippen LogP contribution >= 0.6 is 15.9 Å². The van der Waals surface area contributed by atoms with Crippen molar-refractivity contribution in [1.29, 1.82) is 0 Å². The highest BCUT2D eigenvalue weighted by atomic mass is 79.9. The van der Waals surface area contributed by atoms with Crippen molar-refractivity contribution in [3.63, 3.8) is 0 Å². The van der Waals surface area contributed by atoms with Gasteiger partial charge in [0.2, 0.25) is 0 Å². The SMILES string of the molecule is Cn1ccc2c(Br)cc(N3CCN(Cc4ccccc4)CC3)cc21. The summed E-state index contributed by atoms with van der Waals surface area (Å²) in [4.78, 5) is 5.04. The van der Waals surface area contributed by atoms with Crippen LogP contribution in [0.1, 0.15) is 5.56 Å². The second-order valence-electron chi connectivity index (χ2n) is 6.54. The molecule has 4 heteroatoms. The molecule has 0 radical (unpaired) electrons. The molecule has 0 amide bonds. The Morgan fingerprint density at radius 1 is 0.958 bits per heavy atom. The standard InChI is InChI=1S/C20H22BrN3/c1-22-8-7-18-19(21)13-17(14-20(18)22)24-11-9-23(10-12-24)15-16-5-3-2-4-6-16/h2-8,13-14H,9-12,15H2,1H3. The van der Waals surface area contributed by atoms with E-state index in [4.69, 9.17) is 0 Å². The van der Waals surface area contributed by atoms with Crippen molar-refractivity contribution in [2.75, 3.05) is 31.1 Å². The maximum atomic E-state index is 3.73. The molecule has 2 heterocycles. The Morgan fingerprint density at radius 2 is 1.71 bits per heavy atom. The van der Waals surface area contributed by atoms with E-state index in [0.717, 1.165) is 32.7 Å². The minimum Gasteiger partial charge on any atom is -0.369 e. The topological polar surface area (TPSA) is 11.4 Å². The summed E-state index contributed by atoms with van der Waals surface area (Å²) < 4.78 is 3.37. The van der Waals surface area contributed by atoms with Crippen molar-refractivity contribution >= 4 is 32.5 Å². The molecule has 124 valence electrons. The average Bonchev–Trinajstić information content (AvgIpc) is 2.98. The molecular weight excluding hydrogens is 362 g/mol. The molecule has 3 nitrogen and oxygen atoms in total. The van der Waals surface area contributed by atoms with E-state index in [0.29, 0.717) is 0 Å². The third-order valence-electron chi connectivity index (χ3n) is 4.92. The number of aromatic nitrogens is 1. The molecule has 24 heavy (non-hydrogen) atoms. The first-order valence-electron chi connectivity index (χ1n) is 8.46. The number of benzene rings is 2. The first-order chi connectivity index (χ1) is 11.7. The molecule has 2 aromatic carbocycles. The number of fused-ring (bicyclic) bond motifs is 1. The number of halogens is 1. The van der Waals surface area contributed by atoms with Crippen LogP contribution in [-0.4, -0.2) is 35.6 Å². The summed E-state index contributed by atoms with van der Waals surface area (Å²) >= 11 is 3.73. The van der Waals surface area contributed by atoms with Crippen LogP contribution in [-0.2, 0) is 13.6 Å². The normalized spacial score (nSPS) is 16.0. The van der Waals surface area contributed by atoms with Gasteiger partial charge in [-0.1, -0.05) is 46.3 Å². The molecule has 1 aliphatic rings. The van der Waals surface area contributed by atoms with Gasteiger partial charge < -0.3 is 9.47 Å². The van der Waals surface area contributed by atoms with Gasteiger partial charge in [0.15, 0.2) is 0 Å². The highest BCUT2D eigenvalue weighted by molar-refractivity contribution is 9.10. The van der Waals surface area contributed by atoms with Crippen molar-refractivity contribution in [2.24, 2.45) is 7.05 Å². The van der Waals surface area contributed by atoms with Crippen molar-refractivity contribution in [3.8, 4) is 0 Å². The zero-order valence-corrected chi connectivity index (χ0v) is 15.5. The predicted molar refractivity (Wildman–Crippen MR) is 105 cm³/mol. The first-order valence-corrected chi connectivity index (χ1v) is 9.26. The van der Waals surface area contributed by atoms with E-state index >= 15 is 0 Å². The van der Waals surface area contributed by atoms with Crippen LogP contribution in [0.3, 0.4) is 0 Å². The molecule has 0 unspecified atom stereocenters. The van der Waals surface area contributed by atoms with Gasteiger partial charge >= 0.3 is 0 Å². The van der Waals surface area contributed by atoms with Gasteiger partial charge in [0.05, 0.1) is 5.52 Å². The summed E-state index contributed by atoms with van der Waals surface area (Å²) in [7, 11) is 2.11. The number of piperazine rings is 1. The molecule has 3 aromatic rings. The minimum absolute atomic E-state index is 1.05. The van der Waals surface area contributed by atoms with Crippen LogP contribution in [0, 0.1) is 0 Å². The summed E-state index contributed by atoms with van der Waals surface area (Å²) in [5, 5.41) is 1.28. The third kappa shape index (κ3) is 3.08. The zero-order valence-electron chi connectivity index (χ0n) is 14.0. The summed E-state index contributed by atoms with van der Waals surface area (Å²) in [6.45, 7) is 5.43. The smallest absolute Gasteiger partial charge is 0.0509 e. The second-order valence-corrected chi connectivity index (χ2v) is 7.39. The number of hydrogen-bond acceptors (Lipinski definition) is 2. The molecule has 1 fully saturated rings. The Hall–Kier alpha value is -1.78. The lowest BCUT2D eigenvalue weighted by atomic mass is 10.1. The van der Waals surface area contributed by atoms with Crippen LogP contribution in [0.4, 0.5) is 5.69 Å². The van der Waals surface area contributed by atoms with E-state index in [1.807, 2.05) is 0 Å². The summed E-state index contributed by atoms with van der Waals surface area (Å²) in [6, 6.07) is 17.5. The maximum Gasteiger partial charge on any atom is 0.0509 e. The van der Waals surface area contributed by atoms with Crippen LogP contribution in [0.15, 0.2) is 59.2 Å².